The standard InChI is InChI=1S/C13H16F3NO2/c1-3-19-12(18)9-17(2)8-10-4-6-11(7-5-10)13(14,15)16/h4-7H,3,8-9H2,1-2H3. The summed E-state index contributed by atoms with van der Waals surface area (Å²) in [5.74, 6) is -0.350. The highest BCUT2D eigenvalue weighted by Crippen LogP contribution is 2.29. The third-order valence-electron chi connectivity index (χ3n) is 2.44. The quantitative estimate of drug-likeness (QED) is 0.774. The van der Waals surface area contributed by atoms with Gasteiger partial charge in [-0.1, -0.05) is 12.1 Å². The zero-order chi connectivity index (χ0) is 14.5. The highest BCUT2D eigenvalue weighted by Gasteiger charge is 2.29. The molecule has 0 aliphatic heterocycles. The van der Waals surface area contributed by atoms with E-state index in [9.17, 15) is 18.0 Å². The van der Waals surface area contributed by atoms with Crippen LogP contribution in [0.5, 0.6) is 0 Å². The number of rotatable bonds is 5. The third kappa shape index (κ3) is 5.30. The summed E-state index contributed by atoms with van der Waals surface area (Å²) in [6.45, 7) is 2.52. The fourth-order valence-electron chi connectivity index (χ4n) is 1.59. The van der Waals surface area contributed by atoms with Crippen molar-refractivity contribution in [2.24, 2.45) is 0 Å². The van der Waals surface area contributed by atoms with Crippen molar-refractivity contribution in [3.8, 4) is 0 Å². The van der Waals surface area contributed by atoms with Crippen molar-refractivity contribution in [2.75, 3.05) is 20.2 Å². The smallest absolute Gasteiger partial charge is 0.416 e. The van der Waals surface area contributed by atoms with Gasteiger partial charge in [0.25, 0.3) is 0 Å². The maximum atomic E-state index is 12.4. The van der Waals surface area contributed by atoms with Crippen LogP contribution in [0, 0.1) is 0 Å². The minimum Gasteiger partial charge on any atom is -0.465 e. The summed E-state index contributed by atoms with van der Waals surface area (Å²) < 4.78 is 41.9. The molecule has 0 unspecified atom stereocenters. The maximum absolute atomic E-state index is 12.4. The lowest BCUT2D eigenvalue weighted by Gasteiger charge is -2.16. The van der Waals surface area contributed by atoms with Crippen LogP contribution in [0.1, 0.15) is 18.1 Å². The number of esters is 1. The van der Waals surface area contributed by atoms with Crippen LogP contribution in [0.3, 0.4) is 0 Å². The fourth-order valence-corrected chi connectivity index (χ4v) is 1.59. The fraction of sp³-hybridized carbons (Fsp3) is 0.462. The number of halogens is 3. The summed E-state index contributed by atoms with van der Waals surface area (Å²) >= 11 is 0. The van der Waals surface area contributed by atoms with Crippen molar-refractivity contribution < 1.29 is 22.7 Å². The van der Waals surface area contributed by atoms with Crippen LogP contribution in [-0.2, 0) is 22.3 Å². The Kier molecular flexibility index (Phi) is 5.35. The zero-order valence-corrected chi connectivity index (χ0v) is 10.8. The molecule has 1 aromatic carbocycles. The first-order chi connectivity index (χ1) is 8.82. The predicted molar refractivity (Wildman–Crippen MR) is 64.4 cm³/mol. The Labute approximate surface area is 110 Å². The van der Waals surface area contributed by atoms with Gasteiger partial charge < -0.3 is 4.74 Å². The topological polar surface area (TPSA) is 29.5 Å². The number of ether oxygens (including phenoxy) is 1. The van der Waals surface area contributed by atoms with E-state index >= 15 is 0 Å². The van der Waals surface area contributed by atoms with Crippen LogP contribution in [0.2, 0.25) is 0 Å². The minimum absolute atomic E-state index is 0.106. The molecule has 0 radical (unpaired) electrons. The van der Waals surface area contributed by atoms with Crippen LogP contribution in [0.15, 0.2) is 24.3 Å². The summed E-state index contributed by atoms with van der Waals surface area (Å²) in [6.07, 6.45) is -4.32. The first-order valence-corrected chi connectivity index (χ1v) is 5.83. The first kappa shape index (κ1) is 15.5. The van der Waals surface area contributed by atoms with Gasteiger partial charge >= 0.3 is 12.1 Å². The summed E-state index contributed by atoms with van der Waals surface area (Å²) in [6, 6.07) is 4.88. The molecule has 19 heavy (non-hydrogen) atoms. The number of likely N-dealkylation sites (N-methyl/N-ethyl adjacent to an activating group) is 1. The molecule has 0 heterocycles. The molecule has 0 saturated carbocycles. The van der Waals surface area contributed by atoms with Gasteiger partial charge in [0.1, 0.15) is 0 Å². The van der Waals surface area contributed by atoms with Gasteiger partial charge in [-0.3, -0.25) is 9.69 Å². The summed E-state index contributed by atoms with van der Waals surface area (Å²) in [5.41, 5.74) is 0.0316. The molecule has 0 spiro atoms. The Morgan fingerprint density at radius 2 is 1.84 bits per heavy atom. The third-order valence-corrected chi connectivity index (χ3v) is 2.44. The van der Waals surface area contributed by atoms with E-state index in [1.54, 1.807) is 18.9 Å². The second kappa shape index (κ2) is 6.56. The van der Waals surface area contributed by atoms with Crippen LogP contribution < -0.4 is 0 Å². The Hall–Kier alpha value is -1.56. The molecule has 0 atom stereocenters. The van der Waals surface area contributed by atoms with Crippen molar-refractivity contribution in [1.29, 1.82) is 0 Å². The molecule has 106 valence electrons. The summed E-state index contributed by atoms with van der Waals surface area (Å²) in [5, 5.41) is 0. The average molecular weight is 275 g/mol. The Balaban J connectivity index is 2.56. The van der Waals surface area contributed by atoms with Gasteiger partial charge in [0, 0.05) is 6.54 Å². The SMILES string of the molecule is CCOC(=O)CN(C)Cc1ccc(C(F)(F)F)cc1. The maximum Gasteiger partial charge on any atom is 0.416 e. The number of alkyl halides is 3. The van der Waals surface area contributed by atoms with Crippen molar-refractivity contribution in [1.82, 2.24) is 4.90 Å². The van der Waals surface area contributed by atoms with E-state index in [2.05, 4.69) is 0 Å². The molecule has 0 aromatic heterocycles. The molecular weight excluding hydrogens is 259 g/mol. The monoisotopic (exact) mass is 275 g/mol. The number of nitrogens with zero attached hydrogens (tertiary/aromatic N) is 1. The van der Waals surface area contributed by atoms with Crippen LogP contribution in [-0.4, -0.2) is 31.1 Å². The van der Waals surface area contributed by atoms with Gasteiger partial charge in [0.05, 0.1) is 18.7 Å². The molecule has 6 heteroatoms. The Bertz CT molecular complexity index is 415. The predicted octanol–water partition coefficient (Wildman–Crippen LogP) is 2.70. The van der Waals surface area contributed by atoms with E-state index in [0.29, 0.717) is 18.7 Å². The number of hydrogen-bond acceptors (Lipinski definition) is 3. The molecule has 1 aromatic rings. The molecule has 3 nitrogen and oxygen atoms in total. The van der Waals surface area contributed by atoms with Crippen molar-refractivity contribution >= 4 is 5.97 Å². The van der Waals surface area contributed by atoms with Crippen LogP contribution in [0.4, 0.5) is 13.2 Å². The van der Waals surface area contributed by atoms with Gasteiger partial charge in [0.15, 0.2) is 0 Å². The Morgan fingerprint density at radius 3 is 2.32 bits per heavy atom. The normalized spacial score (nSPS) is 11.7. The van der Waals surface area contributed by atoms with Gasteiger partial charge in [0.2, 0.25) is 0 Å². The van der Waals surface area contributed by atoms with E-state index in [0.717, 1.165) is 12.1 Å². The van der Waals surface area contributed by atoms with E-state index in [1.165, 1.54) is 12.1 Å². The Morgan fingerprint density at radius 1 is 1.26 bits per heavy atom. The minimum atomic E-state index is -4.32. The largest absolute Gasteiger partial charge is 0.465 e. The number of benzene rings is 1. The van der Waals surface area contributed by atoms with Gasteiger partial charge in [-0.15, -0.1) is 0 Å². The first-order valence-electron chi connectivity index (χ1n) is 5.83. The van der Waals surface area contributed by atoms with Gasteiger partial charge in [-0.05, 0) is 31.7 Å². The molecule has 1 rings (SSSR count). The lowest BCUT2D eigenvalue weighted by Crippen LogP contribution is -2.27. The molecule has 0 bridgehead atoms. The second-order valence-corrected chi connectivity index (χ2v) is 4.17. The lowest BCUT2D eigenvalue weighted by molar-refractivity contribution is -0.144. The molecule has 0 aliphatic rings. The summed E-state index contributed by atoms with van der Waals surface area (Å²) in [4.78, 5) is 12.9. The van der Waals surface area contributed by atoms with Crippen molar-refractivity contribution in [3.63, 3.8) is 0 Å². The zero-order valence-electron chi connectivity index (χ0n) is 10.8. The molecule has 0 aliphatic carbocycles. The number of hydrogen-bond donors (Lipinski definition) is 0. The van der Waals surface area contributed by atoms with Crippen molar-refractivity contribution in [2.45, 2.75) is 19.6 Å². The highest BCUT2D eigenvalue weighted by molar-refractivity contribution is 5.71. The molecule has 0 N–H and O–H groups in total. The molecule has 0 saturated heterocycles. The summed E-state index contributed by atoms with van der Waals surface area (Å²) in [7, 11) is 1.70. The van der Waals surface area contributed by atoms with Gasteiger partial charge in [-0.25, -0.2) is 0 Å². The van der Waals surface area contributed by atoms with Crippen LogP contribution >= 0.6 is 0 Å². The second-order valence-electron chi connectivity index (χ2n) is 4.17. The van der Waals surface area contributed by atoms with E-state index in [1.807, 2.05) is 0 Å². The van der Waals surface area contributed by atoms with Crippen LogP contribution in [0.25, 0.3) is 0 Å². The van der Waals surface area contributed by atoms with E-state index in [-0.39, 0.29) is 12.5 Å². The van der Waals surface area contributed by atoms with Crippen molar-refractivity contribution in [3.05, 3.63) is 35.4 Å². The van der Waals surface area contributed by atoms with E-state index in [4.69, 9.17) is 4.74 Å². The average Bonchev–Trinajstić information content (AvgIpc) is 2.28. The molecular formula is C13H16F3NO2. The van der Waals surface area contributed by atoms with E-state index < -0.39 is 11.7 Å². The number of carbonyl (C=O) groups is 1. The lowest BCUT2D eigenvalue weighted by atomic mass is 10.1. The number of carbonyl (C=O) groups excluding carboxylic acids is 1. The van der Waals surface area contributed by atoms with Gasteiger partial charge in [-0.2, -0.15) is 13.2 Å². The molecule has 0 fully saturated rings. The highest BCUT2D eigenvalue weighted by atomic mass is 19.4. The molecule has 0 amide bonds.